The van der Waals surface area contributed by atoms with Gasteiger partial charge in [-0.15, -0.1) is 0 Å². The molecule has 0 radical (unpaired) electrons. The fourth-order valence-electron chi connectivity index (χ4n) is 1.48. The molecular weight excluding hydrogens is 122 g/mol. The van der Waals surface area contributed by atoms with E-state index in [1.54, 1.807) is 0 Å². The van der Waals surface area contributed by atoms with Gasteiger partial charge < -0.3 is 4.90 Å². The van der Waals surface area contributed by atoms with Crippen molar-refractivity contribution >= 4 is 0 Å². The normalized spacial score (nSPS) is 22.3. The molecule has 1 nitrogen and oxygen atoms in total. The van der Waals surface area contributed by atoms with Crippen LogP contribution in [-0.4, -0.2) is 18.5 Å². The highest BCUT2D eigenvalue weighted by molar-refractivity contribution is 5.48. The van der Waals surface area contributed by atoms with Gasteiger partial charge in [0.25, 0.3) is 0 Å². The third kappa shape index (κ3) is 0.703. The Morgan fingerprint density at radius 1 is 1.50 bits per heavy atom. The second-order valence-corrected chi connectivity index (χ2v) is 2.78. The Balaban J connectivity index is 2.37. The maximum atomic E-state index is 2.30. The number of nitrogens with zero attached hydrogens (tertiary/aromatic N) is 1. The molecule has 2 aliphatic rings. The summed E-state index contributed by atoms with van der Waals surface area (Å²) in [5.41, 5.74) is 2.78. The highest BCUT2D eigenvalue weighted by Crippen LogP contribution is 2.25. The van der Waals surface area contributed by atoms with E-state index in [2.05, 4.69) is 36.3 Å². The minimum atomic E-state index is 1.16. The van der Waals surface area contributed by atoms with Crippen molar-refractivity contribution in [3.63, 3.8) is 0 Å². The zero-order valence-corrected chi connectivity index (χ0v) is 6.17. The lowest BCUT2D eigenvalue weighted by molar-refractivity contribution is 0.423. The van der Waals surface area contributed by atoms with Crippen molar-refractivity contribution < 1.29 is 0 Å². The van der Waals surface area contributed by atoms with Crippen molar-refractivity contribution in [2.75, 3.05) is 13.6 Å². The summed E-state index contributed by atoms with van der Waals surface area (Å²) in [5.74, 6) is 0. The Bertz CT molecular complexity index is 233. The molecule has 0 amide bonds. The zero-order chi connectivity index (χ0) is 6.97. The van der Waals surface area contributed by atoms with E-state index in [-0.39, 0.29) is 0 Å². The molecule has 10 heavy (non-hydrogen) atoms. The van der Waals surface area contributed by atoms with Gasteiger partial charge in [-0.25, -0.2) is 0 Å². The summed E-state index contributed by atoms with van der Waals surface area (Å²) in [5, 5.41) is 0. The average molecular weight is 133 g/mol. The van der Waals surface area contributed by atoms with Gasteiger partial charge in [-0.1, -0.05) is 18.2 Å². The molecule has 0 N–H and O–H groups in total. The van der Waals surface area contributed by atoms with Crippen molar-refractivity contribution in [1.82, 2.24) is 4.90 Å². The van der Waals surface area contributed by atoms with Gasteiger partial charge in [-0.3, -0.25) is 0 Å². The van der Waals surface area contributed by atoms with Crippen molar-refractivity contribution in [3.8, 4) is 0 Å². The summed E-state index contributed by atoms with van der Waals surface area (Å²) in [6.45, 7) is 1.16. The van der Waals surface area contributed by atoms with Crippen molar-refractivity contribution in [3.05, 3.63) is 35.6 Å². The minimum absolute atomic E-state index is 1.16. The lowest BCUT2D eigenvalue weighted by Gasteiger charge is -2.25. The van der Waals surface area contributed by atoms with Crippen LogP contribution in [0.2, 0.25) is 0 Å². The van der Waals surface area contributed by atoms with Gasteiger partial charge in [0.15, 0.2) is 0 Å². The monoisotopic (exact) mass is 133 g/mol. The molecule has 0 spiro atoms. The van der Waals surface area contributed by atoms with Gasteiger partial charge in [0.05, 0.1) is 0 Å². The van der Waals surface area contributed by atoms with Crippen LogP contribution in [0.25, 0.3) is 0 Å². The van der Waals surface area contributed by atoms with Crippen LogP contribution in [-0.2, 0) is 0 Å². The minimum Gasteiger partial charge on any atom is -0.374 e. The van der Waals surface area contributed by atoms with Crippen LogP contribution < -0.4 is 0 Å². The molecule has 52 valence electrons. The summed E-state index contributed by atoms with van der Waals surface area (Å²) in [6, 6.07) is 0. The smallest absolute Gasteiger partial charge is 0.0434 e. The first kappa shape index (κ1) is 5.78. The summed E-state index contributed by atoms with van der Waals surface area (Å²) in [7, 11) is 2.14. The molecule has 0 fully saturated rings. The Hall–Kier alpha value is -0.980. The third-order valence-corrected chi connectivity index (χ3v) is 2.07. The summed E-state index contributed by atoms with van der Waals surface area (Å²) < 4.78 is 0. The maximum Gasteiger partial charge on any atom is 0.0434 e. The van der Waals surface area contributed by atoms with Gasteiger partial charge in [0.1, 0.15) is 0 Å². The van der Waals surface area contributed by atoms with E-state index in [1.807, 2.05) is 0 Å². The Morgan fingerprint density at radius 2 is 2.40 bits per heavy atom. The van der Waals surface area contributed by atoms with Crippen molar-refractivity contribution in [2.45, 2.75) is 6.42 Å². The van der Waals surface area contributed by atoms with Gasteiger partial charge >= 0.3 is 0 Å². The van der Waals surface area contributed by atoms with Gasteiger partial charge in [-0.2, -0.15) is 0 Å². The van der Waals surface area contributed by atoms with Crippen LogP contribution in [0.3, 0.4) is 0 Å². The lowest BCUT2D eigenvalue weighted by atomic mass is 10.1. The summed E-state index contributed by atoms with van der Waals surface area (Å²) >= 11 is 0. The molecule has 1 aliphatic heterocycles. The molecule has 0 atom stereocenters. The molecular formula is C9H11N. The number of hydrogen-bond acceptors (Lipinski definition) is 1. The first-order valence-electron chi connectivity index (χ1n) is 3.68. The van der Waals surface area contributed by atoms with Gasteiger partial charge in [0.2, 0.25) is 0 Å². The first-order chi connectivity index (χ1) is 4.88. The molecule has 1 aliphatic carbocycles. The SMILES string of the molecule is CN1CCC=C2C=CC=C21. The number of rotatable bonds is 0. The van der Waals surface area contributed by atoms with Crippen molar-refractivity contribution in [1.29, 1.82) is 0 Å². The van der Waals surface area contributed by atoms with Crippen molar-refractivity contribution in [2.24, 2.45) is 0 Å². The van der Waals surface area contributed by atoms with E-state index in [0.29, 0.717) is 0 Å². The Labute approximate surface area is 61.3 Å². The lowest BCUT2D eigenvalue weighted by Crippen LogP contribution is -2.21. The van der Waals surface area contributed by atoms with E-state index in [9.17, 15) is 0 Å². The van der Waals surface area contributed by atoms with Crippen LogP contribution in [0.5, 0.6) is 0 Å². The second-order valence-electron chi connectivity index (χ2n) is 2.78. The van der Waals surface area contributed by atoms with Crippen LogP contribution in [0, 0.1) is 0 Å². The second kappa shape index (κ2) is 2.01. The topological polar surface area (TPSA) is 3.24 Å². The van der Waals surface area contributed by atoms with E-state index in [1.165, 1.54) is 17.7 Å². The number of likely N-dealkylation sites (N-methyl/N-ethyl adjacent to an activating group) is 1. The predicted molar refractivity (Wildman–Crippen MR) is 42.6 cm³/mol. The van der Waals surface area contributed by atoms with Gasteiger partial charge in [0, 0.05) is 19.3 Å². The molecule has 1 heterocycles. The fraction of sp³-hybridized carbons (Fsp3) is 0.333. The summed E-state index contributed by atoms with van der Waals surface area (Å²) in [4.78, 5) is 2.30. The maximum absolute atomic E-state index is 2.30. The standard InChI is InChI=1S/C9H11N/c1-10-7-3-5-8-4-2-6-9(8)10/h2,4-6H,3,7H2,1H3. The van der Waals surface area contributed by atoms with Crippen LogP contribution in [0.15, 0.2) is 35.6 Å². The molecule has 1 heteroatoms. The van der Waals surface area contributed by atoms with E-state index in [4.69, 9.17) is 0 Å². The quantitative estimate of drug-likeness (QED) is 0.486. The molecule has 0 saturated carbocycles. The molecule has 0 aromatic carbocycles. The van der Waals surface area contributed by atoms with Crippen LogP contribution in [0.4, 0.5) is 0 Å². The van der Waals surface area contributed by atoms with Crippen LogP contribution in [0.1, 0.15) is 6.42 Å². The molecule has 0 saturated heterocycles. The molecule has 0 unspecified atom stereocenters. The molecule has 2 rings (SSSR count). The first-order valence-corrected chi connectivity index (χ1v) is 3.68. The summed E-state index contributed by atoms with van der Waals surface area (Å²) in [6.07, 6.45) is 9.95. The van der Waals surface area contributed by atoms with Crippen LogP contribution >= 0.6 is 0 Å². The number of hydrogen-bond donors (Lipinski definition) is 0. The fourth-order valence-corrected chi connectivity index (χ4v) is 1.48. The average Bonchev–Trinajstić information content (AvgIpc) is 2.36. The molecule has 0 bridgehead atoms. The highest BCUT2D eigenvalue weighted by Gasteiger charge is 2.13. The van der Waals surface area contributed by atoms with E-state index in [0.717, 1.165) is 6.54 Å². The van der Waals surface area contributed by atoms with Gasteiger partial charge in [-0.05, 0) is 18.1 Å². The zero-order valence-electron chi connectivity index (χ0n) is 6.17. The van der Waals surface area contributed by atoms with E-state index < -0.39 is 0 Å². The highest BCUT2D eigenvalue weighted by atomic mass is 15.1. The number of fused-ring (bicyclic) bond motifs is 1. The number of allylic oxidation sites excluding steroid dienone is 3. The van der Waals surface area contributed by atoms with E-state index >= 15 is 0 Å². The Kier molecular flexibility index (Phi) is 1.16. The molecule has 0 aromatic heterocycles. The molecule has 0 aromatic rings. The third-order valence-electron chi connectivity index (χ3n) is 2.07. The predicted octanol–water partition coefficient (Wildman–Crippen LogP) is 1.70. The Morgan fingerprint density at radius 3 is 3.20 bits per heavy atom. The largest absolute Gasteiger partial charge is 0.374 e.